The first kappa shape index (κ1) is 14.2. The van der Waals surface area contributed by atoms with Crippen molar-refractivity contribution in [1.82, 2.24) is 9.97 Å². The van der Waals surface area contributed by atoms with Crippen LogP contribution in [-0.2, 0) is 0 Å². The standard InChI is InChI=1S/C14H18N4O2/c15-14(12-7-16-9-17-12)18-11(8-19)6-13(20)10-4-2-1-3-5-10/h1-5,7,9,11,13,19-20H,6,8H2,(H2,15,18)(H,16,17). The lowest BCUT2D eigenvalue weighted by Gasteiger charge is -2.16. The number of H-pyrrole nitrogens is 1. The van der Waals surface area contributed by atoms with Crippen molar-refractivity contribution in [2.75, 3.05) is 6.61 Å². The van der Waals surface area contributed by atoms with Crippen molar-refractivity contribution in [2.45, 2.75) is 18.6 Å². The molecule has 0 amide bonds. The molecule has 0 fully saturated rings. The molecule has 20 heavy (non-hydrogen) atoms. The monoisotopic (exact) mass is 274 g/mol. The minimum Gasteiger partial charge on any atom is -0.394 e. The summed E-state index contributed by atoms with van der Waals surface area (Å²) in [5.41, 5.74) is 7.20. The Labute approximate surface area is 117 Å². The largest absolute Gasteiger partial charge is 0.394 e. The number of aromatic nitrogens is 2. The van der Waals surface area contributed by atoms with E-state index >= 15 is 0 Å². The molecule has 1 heterocycles. The van der Waals surface area contributed by atoms with Gasteiger partial charge in [-0.15, -0.1) is 0 Å². The van der Waals surface area contributed by atoms with Gasteiger partial charge in [0.1, 0.15) is 11.5 Å². The summed E-state index contributed by atoms with van der Waals surface area (Å²) in [5.74, 6) is 0.266. The van der Waals surface area contributed by atoms with Crippen molar-refractivity contribution >= 4 is 5.84 Å². The molecule has 2 rings (SSSR count). The molecule has 0 spiro atoms. The first-order valence-electron chi connectivity index (χ1n) is 6.36. The van der Waals surface area contributed by atoms with Gasteiger partial charge in [-0.2, -0.15) is 0 Å². The molecule has 0 aliphatic heterocycles. The highest BCUT2D eigenvalue weighted by atomic mass is 16.3. The summed E-state index contributed by atoms with van der Waals surface area (Å²) in [5, 5.41) is 19.5. The zero-order valence-electron chi connectivity index (χ0n) is 11.0. The molecule has 6 heteroatoms. The number of nitrogens with zero attached hydrogens (tertiary/aromatic N) is 2. The molecule has 2 atom stereocenters. The topological polar surface area (TPSA) is 108 Å². The third kappa shape index (κ3) is 3.66. The normalized spacial score (nSPS) is 15.0. The molecule has 6 nitrogen and oxygen atoms in total. The third-order valence-electron chi connectivity index (χ3n) is 2.99. The molecule has 2 unspecified atom stereocenters. The maximum atomic E-state index is 10.1. The molecular weight excluding hydrogens is 256 g/mol. The van der Waals surface area contributed by atoms with Crippen LogP contribution in [0, 0.1) is 0 Å². The Hall–Kier alpha value is -2.18. The first-order valence-corrected chi connectivity index (χ1v) is 6.36. The van der Waals surface area contributed by atoms with Gasteiger partial charge in [0.15, 0.2) is 0 Å². The second kappa shape index (κ2) is 6.83. The van der Waals surface area contributed by atoms with Crippen LogP contribution in [0.2, 0.25) is 0 Å². The number of rotatable bonds is 6. The Bertz CT molecular complexity index is 540. The number of amidine groups is 1. The number of hydrogen-bond acceptors (Lipinski definition) is 4. The van der Waals surface area contributed by atoms with Gasteiger partial charge in [-0.05, 0) is 5.56 Å². The van der Waals surface area contributed by atoms with Crippen molar-refractivity contribution in [3.63, 3.8) is 0 Å². The summed E-state index contributed by atoms with van der Waals surface area (Å²) < 4.78 is 0. The highest BCUT2D eigenvalue weighted by Crippen LogP contribution is 2.19. The van der Waals surface area contributed by atoms with Crippen molar-refractivity contribution in [1.29, 1.82) is 0 Å². The summed E-state index contributed by atoms with van der Waals surface area (Å²) >= 11 is 0. The molecular formula is C14H18N4O2. The van der Waals surface area contributed by atoms with Gasteiger partial charge >= 0.3 is 0 Å². The maximum absolute atomic E-state index is 10.1. The van der Waals surface area contributed by atoms with Gasteiger partial charge in [-0.1, -0.05) is 30.3 Å². The van der Waals surface area contributed by atoms with Crippen LogP contribution in [-0.4, -0.2) is 38.7 Å². The summed E-state index contributed by atoms with van der Waals surface area (Å²) in [7, 11) is 0. The number of benzene rings is 1. The molecule has 1 aromatic carbocycles. The minimum atomic E-state index is -0.688. The average Bonchev–Trinajstić information content (AvgIpc) is 3.01. The zero-order valence-corrected chi connectivity index (χ0v) is 11.0. The zero-order chi connectivity index (χ0) is 14.4. The quantitative estimate of drug-likeness (QED) is 0.457. The average molecular weight is 274 g/mol. The fraction of sp³-hybridized carbons (Fsp3) is 0.286. The lowest BCUT2D eigenvalue weighted by molar-refractivity contribution is 0.141. The molecule has 1 aromatic heterocycles. The van der Waals surface area contributed by atoms with E-state index in [-0.39, 0.29) is 12.4 Å². The van der Waals surface area contributed by atoms with E-state index in [9.17, 15) is 10.2 Å². The number of imidazole rings is 1. The van der Waals surface area contributed by atoms with E-state index < -0.39 is 12.1 Å². The molecule has 0 saturated carbocycles. The van der Waals surface area contributed by atoms with Crippen molar-refractivity contribution in [3.05, 3.63) is 54.1 Å². The van der Waals surface area contributed by atoms with Gasteiger partial charge in [0.2, 0.25) is 0 Å². The molecule has 5 N–H and O–H groups in total. The Balaban J connectivity index is 2.04. The SMILES string of the molecule is NC(=NC(CO)CC(O)c1ccccc1)c1cnc[nH]1. The van der Waals surface area contributed by atoms with E-state index in [4.69, 9.17) is 5.73 Å². The smallest absolute Gasteiger partial charge is 0.144 e. The van der Waals surface area contributed by atoms with Gasteiger partial charge < -0.3 is 20.9 Å². The van der Waals surface area contributed by atoms with Gasteiger partial charge in [-0.3, -0.25) is 4.99 Å². The number of aliphatic hydroxyl groups excluding tert-OH is 2. The summed E-state index contributed by atoms with van der Waals surface area (Å²) in [6, 6.07) is 8.80. The van der Waals surface area contributed by atoms with Gasteiger partial charge in [0.25, 0.3) is 0 Å². The predicted molar refractivity (Wildman–Crippen MR) is 76.2 cm³/mol. The summed E-state index contributed by atoms with van der Waals surface area (Å²) in [6.45, 7) is -0.182. The number of aliphatic imine (C=N–C) groups is 1. The van der Waals surface area contributed by atoms with Crippen molar-refractivity contribution < 1.29 is 10.2 Å². The second-order valence-electron chi connectivity index (χ2n) is 4.48. The fourth-order valence-electron chi connectivity index (χ4n) is 1.90. The summed E-state index contributed by atoms with van der Waals surface area (Å²) in [6.07, 6.45) is 2.67. The second-order valence-corrected chi connectivity index (χ2v) is 4.48. The van der Waals surface area contributed by atoms with E-state index in [0.717, 1.165) is 5.56 Å². The lowest BCUT2D eigenvalue weighted by atomic mass is 10.0. The lowest BCUT2D eigenvalue weighted by Crippen LogP contribution is -2.22. The van der Waals surface area contributed by atoms with Crippen molar-refractivity contribution in [3.8, 4) is 0 Å². The number of aromatic amines is 1. The highest BCUT2D eigenvalue weighted by molar-refractivity contribution is 5.95. The van der Waals surface area contributed by atoms with Crippen LogP contribution in [0.4, 0.5) is 0 Å². The van der Waals surface area contributed by atoms with Crippen LogP contribution in [0.25, 0.3) is 0 Å². The minimum absolute atomic E-state index is 0.182. The van der Waals surface area contributed by atoms with E-state index in [1.54, 1.807) is 6.20 Å². The molecule has 106 valence electrons. The van der Waals surface area contributed by atoms with E-state index in [1.165, 1.54) is 6.33 Å². The van der Waals surface area contributed by atoms with Gasteiger partial charge in [-0.25, -0.2) is 4.98 Å². The Morgan fingerprint density at radius 1 is 1.35 bits per heavy atom. The van der Waals surface area contributed by atoms with Gasteiger partial charge in [0, 0.05) is 6.42 Å². The van der Waals surface area contributed by atoms with Crippen LogP contribution < -0.4 is 5.73 Å². The van der Waals surface area contributed by atoms with Gasteiger partial charge in [0.05, 0.1) is 31.3 Å². The van der Waals surface area contributed by atoms with E-state index in [2.05, 4.69) is 15.0 Å². The van der Waals surface area contributed by atoms with Crippen LogP contribution in [0.1, 0.15) is 23.8 Å². The molecule has 0 bridgehead atoms. The number of hydrogen-bond donors (Lipinski definition) is 4. The van der Waals surface area contributed by atoms with Crippen molar-refractivity contribution in [2.24, 2.45) is 10.7 Å². The Morgan fingerprint density at radius 3 is 2.70 bits per heavy atom. The number of aliphatic hydroxyl groups is 2. The predicted octanol–water partition coefficient (Wildman–Crippen LogP) is 0.600. The molecule has 0 radical (unpaired) electrons. The maximum Gasteiger partial charge on any atom is 0.144 e. The molecule has 0 saturated heterocycles. The highest BCUT2D eigenvalue weighted by Gasteiger charge is 2.15. The molecule has 0 aliphatic rings. The Kier molecular flexibility index (Phi) is 4.86. The first-order chi connectivity index (χ1) is 9.70. The van der Waals surface area contributed by atoms with E-state index in [0.29, 0.717) is 12.1 Å². The van der Waals surface area contributed by atoms with Crippen LogP contribution in [0.5, 0.6) is 0 Å². The molecule has 2 aromatic rings. The van der Waals surface area contributed by atoms with Crippen LogP contribution in [0.15, 0.2) is 47.8 Å². The molecule has 0 aliphatic carbocycles. The third-order valence-corrected chi connectivity index (χ3v) is 2.99. The van der Waals surface area contributed by atoms with Crippen LogP contribution >= 0.6 is 0 Å². The Morgan fingerprint density at radius 2 is 2.10 bits per heavy atom. The summed E-state index contributed by atoms with van der Waals surface area (Å²) in [4.78, 5) is 10.9. The van der Waals surface area contributed by atoms with E-state index in [1.807, 2.05) is 30.3 Å². The fourth-order valence-corrected chi connectivity index (χ4v) is 1.90. The van der Waals surface area contributed by atoms with Crippen LogP contribution in [0.3, 0.4) is 0 Å². The number of nitrogens with two attached hydrogens (primary N) is 1. The number of nitrogens with one attached hydrogen (secondary N) is 1.